The highest BCUT2D eigenvalue weighted by Gasteiger charge is 2.25. The summed E-state index contributed by atoms with van der Waals surface area (Å²) < 4.78 is 4.43. The van der Waals surface area contributed by atoms with E-state index in [-0.39, 0.29) is 55.2 Å². The highest BCUT2D eigenvalue weighted by atomic mass is 16.6. The maximum Gasteiger partial charge on any atom is 0.382 e. The summed E-state index contributed by atoms with van der Waals surface area (Å²) in [5.74, 6) is -4.95. The smallest absolute Gasteiger partial charge is 0.382 e. The maximum absolute atomic E-state index is 12.0. The molecule has 2 aliphatic rings. The Kier molecular flexibility index (Phi) is 7.82. The van der Waals surface area contributed by atoms with Gasteiger partial charge in [-0.05, 0) is 12.2 Å². The molecule has 2 atom stereocenters. The molecule has 0 bridgehead atoms. The highest BCUT2D eigenvalue weighted by molar-refractivity contribution is 6.35. The third-order valence-electron chi connectivity index (χ3n) is 4.56. The fourth-order valence-electron chi connectivity index (χ4n) is 2.91. The lowest BCUT2D eigenvalue weighted by atomic mass is 9.92. The van der Waals surface area contributed by atoms with Gasteiger partial charge in [0, 0.05) is 43.9 Å². The number of carbonyl (C=O) groups excluding carboxylic acids is 5. The van der Waals surface area contributed by atoms with Crippen molar-refractivity contribution in [3.8, 4) is 0 Å². The Morgan fingerprint density at radius 3 is 1.76 bits per heavy atom. The first kappa shape index (κ1) is 22.0. The summed E-state index contributed by atoms with van der Waals surface area (Å²) in [5.41, 5.74) is 0. The Labute approximate surface area is 167 Å². The molecule has 0 spiro atoms. The lowest BCUT2D eigenvalue weighted by molar-refractivity contribution is -0.164. The molecule has 2 aliphatic carbocycles. The van der Waals surface area contributed by atoms with Crippen LogP contribution in [-0.2, 0) is 28.7 Å². The molecular weight excluding hydrogens is 380 g/mol. The molecule has 2 N–H and O–H groups in total. The number of allylic oxidation sites excluding steroid dienone is 8. The molecule has 2 unspecified atom stereocenters. The van der Waals surface area contributed by atoms with Gasteiger partial charge in [0.25, 0.3) is 0 Å². The van der Waals surface area contributed by atoms with Crippen LogP contribution < -0.4 is 0 Å². The summed E-state index contributed by atoms with van der Waals surface area (Å²) in [4.78, 5) is 59.2. The first-order valence-corrected chi connectivity index (χ1v) is 9.22. The predicted molar refractivity (Wildman–Crippen MR) is 101 cm³/mol. The van der Waals surface area contributed by atoms with Crippen molar-refractivity contribution in [2.45, 2.75) is 38.5 Å². The Balaban J connectivity index is 1.69. The van der Waals surface area contributed by atoms with E-state index in [0.717, 1.165) is 0 Å². The lowest BCUT2D eigenvalue weighted by Crippen LogP contribution is -2.24. The summed E-state index contributed by atoms with van der Waals surface area (Å²) in [6.45, 7) is 0. The van der Waals surface area contributed by atoms with Crippen molar-refractivity contribution in [3.63, 3.8) is 0 Å². The third kappa shape index (κ3) is 6.99. The second kappa shape index (κ2) is 10.3. The average Bonchev–Trinajstić information content (AvgIpc) is 2.69. The Bertz CT molecular complexity index is 828. The monoisotopic (exact) mass is 402 g/mol. The van der Waals surface area contributed by atoms with Gasteiger partial charge in [-0.15, -0.1) is 0 Å². The van der Waals surface area contributed by atoms with E-state index < -0.39 is 36.0 Å². The van der Waals surface area contributed by atoms with Gasteiger partial charge in [-0.3, -0.25) is 19.2 Å². The summed E-state index contributed by atoms with van der Waals surface area (Å²) in [6, 6.07) is 0. The van der Waals surface area contributed by atoms with Crippen molar-refractivity contribution in [1.82, 2.24) is 0 Å². The molecule has 0 aliphatic heterocycles. The lowest BCUT2D eigenvalue weighted by Gasteiger charge is -2.14. The molecule has 0 heterocycles. The molecule has 0 aromatic rings. The zero-order valence-corrected chi connectivity index (χ0v) is 15.7. The summed E-state index contributed by atoms with van der Waals surface area (Å²) in [6.07, 6.45) is 8.34. The summed E-state index contributed by atoms with van der Waals surface area (Å²) >= 11 is 0. The van der Waals surface area contributed by atoms with Gasteiger partial charge in [0.15, 0.2) is 0 Å². The number of rotatable bonds is 9. The largest absolute Gasteiger partial charge is 0.512 e. The Morgan fingerprint density at radius 1 is 0.793 bits per heavy atom. The SMILES string of the molecule is O=C(CCC(=O)C1C=CC=C(O)C1)OC(=O)C(=O)CCC(=O)C1C=CC=C(O)C1. The van der Waals surface area contributed by atoms with Gasteiger partial charge < -0.3 is 14.9 Å². The van der Waals surface area contributed by atoms with Gasteiger partial charge >= 0.3 is 11.9 Å². The number of aliphatic hydroxyl groups is 2. The molecule has 0 amide bonds. The Morgan fingerprint density at radius 2 is 1.28 bits per heavy atom. The Hall–Kier alpha value is -3.29. The number of hydrogen-bond donors (Lipinski definition) is 2. The molecule has 0 saturated heterocycles. The van der Waals surface area contributed by atoms with E-state index in [1.54, 1.807) is 18.2 Å². The molecule has 8 heteroatoms. The fourth-order valence-corrected chi connectivity index (χ4v) is 2.91. The topological polar surface area (TPSA) is 135 Å². The van der Waals surface area contributed by atoms with Crippen LogP contribution in [0, 0.1) is 11.8 Å². The molecular formula is C21H22O8. The minimum absolute atomic E-state index is 0.0617. The number of carbonyl (C=O) groups is 5. The van der Waals surface area contributed by atoms with E-state index in [1.807, 2.05) is 0 Å². The van der Waals surface area contributed by atoms with E-state index in [4.69, 9.17) is 0 Å². The molecule has 154 valence electrons. The average molecular weight is 402 g/mol. The van der Waals surface area contributed by atoms with Crippen molar-refractivity contribution < 1.29 is 38.9 Å². The van der Waals surface area contributed by atoms with Crippen LogP contribution in [0.3, 0.4) is 0 Å². The van der Waals surface area contributed by atoms with Crippen LogP contribution >= 0.6 is 0 Å². The number of Topliss-reactive ketones (excluding diaryl/α,β-unsaturated/α-hetero) is 3. The third-order valence-corrected chi connectivity index (χ3v) is 4.56. The predicted octanol–water partition coefficient (Wildman–Crippen LogP) is 2.36. The van der Waals surface area contributed by atoms with Gasteiger partial charge in [-0.1, -0.05) is 24.3 Å². The van der Waals surface area contributed by atoms with Gasteiger partial charge in [0.05, 0.1) is 17.9 Å². The van der Waals surface area contributed by atoms with E-state index >= 15 is 0 Å². The fraction of sp³-hybridized carbons (Fsp3) is 0.381. The zero-order valence-electron chi connectivity index (χ0n) is 15.7. The van der Waals surface area contributed by atoms with Crippen molar-refractivity contribution >= 4 is 29.3 Å². The van der Waals surface area contributed by atoms with Gasteiger partial charge in [0.1, 0.15) is 11.6 Å². The maximum atomic E-state index is 12.0. The van der Waals surface area contributed by atoms with Crippen LogP contribution in [0.15, 0.2) is 48.0 Å². The number of esters is 2. The normalized spacial score (nSPS) is 20.4. The second-order valence-corrected chi connectivity index (χ2v) is 6.82. The van der Waals surface area contributed by atoms with Gasteiger partial charge in [0.2, 0.25) is 5.78 Å². The van der Waals surface area contributed by atoms with Gasteiger partial charge in [-0.2, -0.15) is 0 Å². The first-order chi connectivity index (χ1) is 13.8. The van der Waals surface area contributed by atoms with Crippen LogP contribution in [0.25, 0.3) is 0 Å². The molecule has 8 nitrogen and oxygen atoms in total. The second-order valence-electron chi connectivity index (χ2n) is 6.82. The number of hydrogen-bond acceptors (Lipinski definition) is 8. The van der Waals surface area contributed by atoms with Gasteiger partial charge in [-0.25, -0.2) is 4.79 Å². The number of aliphatic hydroxyl groups excluding tert-OH is 2. The summed E-state index contributed by atoms with van der Waals surface area (Å²) in [7, 11) is 0. The molecule has 0 fully saturated rings. The molecule has 0 saturated carbocycles. The van der Waals surface area contributed by atoms with E-state index in [0.29, 0.717) is 0 Å². The van der Waals surface area contributed by atoms with E-state index in [9.17, 15) is 34.2 Å². The highest BCUT2D eigenvalue weighted by Crippen LogP contribution is 2.20. The van der Waals surface area contributed by atoms with Crippen molar-refractivity contribution in [1.29, 1.82) is 0 Å². The van der Waals surface area contributed by atoms with E-state index in [2.05, 4.69) is 4.74 Å². The quantitative estimate of drug-likeness (QED) is 0.341. The number of ether oxygens (including phenoxy) is 1. The molecule has 0 aromatic carbocycles. The van der Waals surface area contributed by atoms with Crippen LogP contribution in [-0.4, -0.2) is 39.5 Å². The molecule has 0 radical (unpaired) electrons. The minimum atomic E-state index is -1.37. The van der Waals surface area contributed by atoms with Crippen LogP contribution in [0.2, 0.25) is 0 Å². The summed E-state index contributed by atoms with van der Waals surface area (Å²) in [5, 5.41) is 18.8. The molecule has 2 rings (SSSR count). The first-order valence-electron chi connectivity index (χ1n) is 9.22. The molecule has 29 heavy (non-hydrogen) atoms. The van der Waals surface area contributed by atoms with Crippen molar-refractivity contribution in [3.05, 3.63) is 48.0 Å². The number of ketones is 3. The standard InChI is InChI=1S/C21H22O8/c22-15-5-1-3-13(11-15)17(24)7-8-19(26)21(28)29-20(27)10-9-18(25)14-4-2-6-16(23)12-14/h1-6,13-14,22-23H,7-12H2. The van der Waals surface area contributed by atoms with Crippen molar-refractivity contribution in [2.75, 3.05) is 0 Å². The van der Waals surface area contributed by atoms with Crippen molar-refractivity contribution in [2.24, 2.45) is 11.8 Å². The van der Waals surface area contributed by atoms with Crippen LogP contribution in [0.4, 0.5) is 0 Å². The van der Waals surface area contributed by atoms with E-state index in [1.165, 1.54) is 18.2 Å². The molecule has 0 aromatic heterocycles. The van der Waals surface area contributed by atoms with Crippen LogP contribution in [0.5, 0.6) is 0 Å². The minimum Gasteiger partial charge on any atom is -0.512 e. The zero-order chi connectivity index (χ0) is 21.4. The van der Waals surface area contributed by atoms with Crippen LogP contribution in [0.1, 0.15) is 38.5 Å².